The average Bonchev–Trinajstić information content (AvgIpc) is 2.94. The number of hydrogen-bond donors (Lipinski definition) is 1. The lowest BCUT2D eigenvalue weighted by Gasteiger charge is -2.40. The highest BCUT2D eigenvalue weighted by atomic mass is 16.6. The SMILES string of the molecule is CC(O)C(OC(=O)N1C(C)(C)COC1(C)C)N(Cc1ccccc1)Cc1ccccc1. The van der Waals surface area contributed by atoms with Gasteiger partial charge in [0.25, 0.3) is 0 Å². The van der Waals surface area contributed by atoms with Gasteiger partial charge in [0, 0.05) is 13.1 Å². The predicted molar refractivity (Wildman–Crippen MR) is 120 cm³/mol. The van der Waals surface area contributed by atoms with Crippen LogP contribution in [0.4, 0.5) is 4.79 Å². The second-order valence-electron chi connectivity index (χ2n) is 9.27. The van der Waals surface area contributed by atoms with Crippen LogP contribution in [0.1, 0.15) is 45.7 Å². The maximum absolute atomic E-state index is 13.3. The van der Waals surface area contributed by atoms with E-state index < -0.39 is 29.7 Å². The Bertz CT molecular complexity index is 795. The van der Waals surface area contributed by atoms with E-state index in [4.69, 9.17) is 9.47 Å². The van der Waals surface area contributed by atoms with Gasteiger partial charge in [0.1, 0.15) is 11.8 Å². The summed E-state index contributed by atoms with van der Waals surface area (Å²) in [5.41, 5.74) is 0.858. The van der Waals surface area contributed by atoms with E-state index in [1.807, 2.05) is 93.3 Å². The number of amides is 1. The highest BCUT2D eigenvalue weighted by Crippen LogP contribution is 2.35. The second-order valence-corrected chi connectivity index (χ2v) is 9.27. The fourth-order valence-corrected chi connectivity index (χ4v) is 4.18. The fourth-order valence-electron chi connectivity index (χ4n) is 4.18. The van der Waals surface area contributed by atoms with Gasteiger partial charge in [-0.1, -0.05) is 60.7 Å². The van der Waals surface area contributed by atoms with Crippen LogP contribution >= 0.6 is 0 Å². The summed E-state index contributed by atoms with van der Waals surface area (Å²) in [6.07, 6.45) is -2.20. The summed E-state index contributed by atoms with van der Waals surface area (Å²) in [6.45, 7) is 10.7. The molecule has 1 fully saturated rings. The Morgan fingerprint density at radius 2 is 1.52 bits per heavy atom. The maximum Gasteiger partial charge on any atom is 0.414 e. The zero-order valence-corrected chi connectivity index (χ0v) is 19.1. The van der Waals surface area contributed by atoms with Gasteiger partial charge in [0.15, 0.2) is 6.23 Å². The molecule has 0 aliphatic carbocycles. The summed E-state index contributed by atoms with van der Waals surface area (Å²) in [7, 11) is 0. The first-order valence-electron chi connectivity index (χ1n) is 10.7. The molecule has 1 heterocycles. The van der Waals surface area contributed by atoms with Crippen LogP contribution in [0.3, 0.4) is 0 Å². The van der Waals surface area contributed by atoms with Crippen LogP contribution in [0, 0.1) is 0 Å². The van der Waals surface area contributed by atoms with Crippen LogP contribution in [0.5, 0.6) is 0 Å². The first-order valence-corrected chi connectivity index (χ1v) is 10.7. The van der Waals surface area contributed by atoms with Crippen LogP contribution in [0.25, 0.3) is 0 Å². The molecule has 2 aromatic rings. The molecule has 2 unspecified atom stereocenters. The number of benzene rings is 2. The molecule has 0 aromatic heterocycles. The zero-order chi connectivity index (χ0) is 22.6. The van der Waals surface area contributed by atoms with Crippen molar-refractivity contribution in [1.82, 2.24) is 9.80 Å². The van der Waals surface area contributed by atoms with E-state index in [-0.39, 0.29) is 0 Å². The van der Waals surface area contributed by atoms with Crippen LogP contribution < -0.4 is 0 Å². The lowest BCUT2D eigenvalue weighted by molar-refractivity contribution is -0.118. The molecule has 0 spiro atoms. The van der Waals surface area contributed by atoms with Gasteiger partial charge in [-0.25, -0.2) is 4.79 Å². The number of hydrogen-bond acceptors (Lipinski definition) is 5. The molecule has 6 nitrogen and oxygen atoms in total. The largest absolute Gasteiger partial charge is 0.427 e. The van der Waals surface area contributed by atoms with Gasteiger partial charge >= 0.3 is 6.09 Å². The van der Waals surface area contributed by atoms with Gasteiger partial charge in [-0.05, 0) is 45.7 Å². The molecule has 1 aliphatic rings. The van der Waals surface area contributed by atoms with E-state index in [1.54, 1.807) is 11.8 Å². The highest BCUT2D eigenvalue weighted by molar-refractivity contribution is 5.70. The Labute approximate surface area is 185 Å². The van der Waals surface area contributed by atoms with Crippen molar-refractivity contribution in [2.45, 2.75) is 71.3 Å². The van der Waals surface area contributed by atoms with E-state index in [1.165, 1.54) is 0 Å². The summed E-state index contributed by atoms with van der Waals surface area (Å²) in [5.74, 6) is 0. The third-order valence-corrected chi connectivity index (χ3v) is 5.56. The van der Waals surface area contributed by atoms with Gasteiger partial charge in [-0.15, -0.1) is 0 Å². The van der Waals surface area contributed by atoms with Crippen molar-refractivity contribution in [3.8, 4) is 0 Å². The molecule has 2 aromatic carbocycles. The number of carbonyl (C=O) groups is 1. The number of carbonyl (C=O) groups excluding carboxylic acids is 1. The Morgan fingerprint density at radius 3 is 1.90 bits per heavy atom. The first-order chi connectivity index (χ1) is 14.6. The molecule has 31 heavy (non-hydrogen) atoms. The van der Waals surface area contributed by atoms with Crippen molar-refractivity contribution in [2.24, 2.45) is 0 Å². The van der Waals surface area contributed by atoms with Crippen molar-refractivity contribution >= 4 is 6.09 Å². The molecule has 1 amide bonds. The van der Waals surface area contributed by atoms with Crippen LogP contribution in [-0.2, 0) is 22.6 Å². The molecule has 0 radical (unpaired) electrons. The highest BCUT2D eigenvalue weighted by Gasteiger charge is 2.50. The number of nitrogens with zero attached hydrogens (tertiary/aromatic N) is 2. The van der Waals surface area contributed by atoms with Crippen molar-refractivity contribution in [3.05, 3.63) is 71.8 Å². The standard InChI is InChI=1S/C25H34N2O4/c1-19(28)22(31-23(29)27-24(2,3)18-30-25(27,4)5)26(16-20-12-8-6-9-13-20)17-21-14-10-7-11-15-21/h6-15,19,22,28H,16-18H2,1-5H3. The molecule has 0 saturated carbocycles. The van der Waals surface area contributed by atoms with Gasteiger partial charge in [0.2, 0.25) is 0 Å². The van der Waals surface area contributed by atoms with Crippen LogP contribution in [0.15, 0.2) is 60.7 Å². The van der Waals surface area contributed by atoms with E-state index in [9.17, 15) is 9.90 Å². The smallest absolute Gasteiger partial charge is 0.414 e. The molecule has 3 rings (SSSR count). The van der Waals surface area contributed by atoms with E-state index in [0.717, 1.165) is 11.1 Å². The summed E-state index contributed by atoms with van der Waals surface area (Å²) in [5, 5.41) is 10.6. The molecule has 6 heteroatoms. The first kappa shape index (κ1) is 23.3. The number of aliphatic hydroxyl groups is 1. The Hall–Kier alpha value is -2.41. The molecular weight excluding hydrogens is 392 g/mol. The van der Waals surface area contributed by atoms with E-state index in [0.29, 0.717) is 19.7 Å². The summed E-state index contributed by atoms with van der Waals surface area (Å²) in [4.78, 5) is 16.9. The topological polar surface area (TPSA) is 62.2 Å². The minimum atomic E-state index is -0.883. The van der Waals surface area contributed by atoms with Crippen molar-refractivity contribution in [3.63, 3.8) is 0 Å². The second kappa shape index (κ2) is 9.39. The fraction of sp³-hybridized carbons (Fsp3) is 0.480. The molecule has 1 aliphatic heterocycles. The average molecular weight is 427 g/mol. The van der Waals surface area contributed by atoms with Gasteiger partial charge in [0.05, 0.1) is 12.1 Å². The Kier molecular flexibility index (Phi) is 7.04. The predicted octanol–water partition coefficient (Wildman–Crippen LogP) is 4.38. The number of ether oxygens (including phenoxy) is 2. The molecule has 0 bridgehead atoms. The lowest BCUT2D eigenvalue weighted by atomic mass is 10.0. The minimum absolute atomic E-state index is 0.423. The lowest BCUT2D eigenvalue weighted by Crippen LogP contribution is -2.55. The third kappa shape index (κ3) is 5.64. The number of rotatable bonds is 7. The molecule has 1 saturated heterocycles. The van der Waals surface area contributed by atoms with Crippen LogP contribution in [-0.4, -0.2) is 51.2 Å². The Morgan fingerprint density at radius 1 is 1.03 bits per heavy atom. The summed E-state index contributed by atoms with van der Waals surface area (Å²) < 4.78 is 11.8. The molecular formula is C25H34N2O4. The summed E-state index contributed by atoms with van der Waals surface area (Å²) in [6, 6.07) is 20.0. The monoisotopic (exact) mass is 426 g/mol. The normalized spacial score (nSPS) is 19.3. The third-order valence-electron chi connectivity index (χ3n) is 5.56. The minimum Gasteiger partial charge on any atom is -0.427 e. The quantitative estimate of drug-likeness (QED) is 0.666. The zero-order valence-electron chi connectivity index (χ0n) is 19.1. The van der Waals surface area contributed by atoms with Gasteiger partial charge in [-0.2, -0.15) is 0 Å². The van der Waals surface area contributed by atoms with Crippen molar-refractivity contribution in [1.29, 1.82) is 0 Å². The van der Waals surface area contributed by atoms with E-state index >= 15 is 0 Å². The summed E-state index contributed by atoms with van der Waals surface area (Å²) >= 11 is 0. The van der Waals surface area contributed by atoms with Gasteiger partial charge < -0.3 is 14.6 Å². The Balaban J connectivity index is 1.87. The van der Waals surface area contributed by atoms with E-state index in [2.05, 4.69) is 0 Å². The molecule has 168 valence electrons. The molecule has 2 atom stereocenters. The number of aliphatic hydroxyl groups excluding tert-OH is 1. The van der Waals surface area contributed by atoms with Gasteiger partial charge in [-0.3, -0.25) is 9.80 Å². The maximum atomic E-state index is 13.3. The van der Waals surface area contributed by atoms with Crippen molar-refractivity contribution < 1.29 is 19.4 Å². The van der Waals surface area contributed by atoms with Crippen LogP contribution in [0.2, 0.25) is 0 Å². The molecule has 1 N–H and O–H groups in total. The van der Waals surface area contributed by atoms with Crippen molar-refractivity contribution in [2.75, 3.05) is 6.61 Å².